The first-order valence-corrected chi connectivity index (χ1v) is 12.4. The number of allylic oxidation sites excluding steroid dienone is 1. The monoisotopic (exact) mass is 501 g/mol. The number of nitrogen functional groups attached to an aromatic ring is 1. The Morgan fingerprint density at radius 1 is 1.16 bits per heavy atom. The number of likely N-dealkylation sites (tertiary alicyclic amines) is 1. The third-order valence-corrected chi connectivity index (χ3v) is 6.24. The Morgan fingerprint density at radius 3 is 2.49 bits per heavy atom. The molecule has 0 aliphatic carbocycles. The quantitative estimate of drug-likeness (QED) is 0.469. The van der Waals surface area contributed by atoms with Gasteiger partial charge in [0.2, 0.25) is 0 Å². The molecule has 0 spiro atoms. The first-order valence-electron chi connectivity index (χ1n) is 12.4. The molecule has 1 aliphatic heterocycles. The van der Waals surface area contributed by atoms with Crippen molar-refractivity contribution in [2.75, 3.05) is 12.3 Å². The highest BCUT2D eigenvalue weighted by Crippen LogP contribution is 2.26. The van der Waals surface area contributed by atoms with Gasteiger partial charge in [0.15, 0.2) is 5.82 Å². The molecule has 2 aromatic carbocycles. The maximum Gasteiger partial charge on any atom is 0.410 e. The minimum absolute atomic E-state index is 0.0177. The van der Waals surface area contributed by atoms with E-state index in [9.17, 15) is 4.79 Å². The number of H-pyrrole nitrogens is 1. The number of carbonyl (C=O) groups is 1. The number of nitrogens with zero attached hydrogens (tertiary/aromatic N) is 2. The average Bonchev–Trinajstić information content (AvgIpc) is 3.48. The Bertz CT molecular complexity index is 1370. The number of aromatic nitrogens is 2. The van der Waals surface area contributed by atoms with Crippen LogP contribution in [0.4, 0.5) is 10.6 Å². The van der Waals surface area contributed by atoms with Crippen LogP contribution >= 0.6 is 0 Å². The van der Waals surface area contributed by atoms with Crippen LogP contribution in [0.5, 0.6) is 11.5 Å². The molecular weight excluding hydrogens is 466 g/mol. The van der Waals surface area contributed by atoms with Crippen LogP contribution in [-0.4, -0.2) is 39.4 Å². The number of anilines is 1. The summed E-state index contributed by atoms with van der Waals surface area (Å²) in [5.74, 6) is 1.75. The van der Waals surface area contributed by atoms with Crippen molar-refractivity contribution >= 4 is 23.2 Å². The average molecular weight is 502 g/mol. The third kappa shape index (κ3) is 6.14. The van der Waals surface area contributed by atoms with E-state index in [0.717, 1.165) is 29.7 Å². The van der Waals surface area contributed by atoms with Crippen molar-refractivity contribution in [3.05, 3.63) is 83.4 Å². The second-order valence-electron chi connectivity index (χ2n) is 10.1. The minimum Gasteiger partial charge on any atom is -0.457 e. The lowest BCUT2D eigenvalue weighted by molar-refractivity contribution is 0.0230. The van der Waals surface area contributed by atoms with Gasteiger partial charge in [0.05, 0.1) is 16.3 Å². The fraction of sp³-hybridized carbons (Fsp3) is 0.310. The Hall–Kier alpha value is -4.20. The van der Waals surface area contributed by atoms with Crippen LogP contribution < -0.4 is 26.8 Å². The lowest BCUT2D eigenvalue weighted by Gasteiger charge is -2.28. The summed E-state index contributed by atoms with van der Waals surface area (Å²) in [6.07, 6.45) is 3.84. The summed E-state index contributed by atoms with van der Waals surface area (Å²) in [6.45, 7) is 10.3. The van der Waals surface area contributed by atoms with Crippen molar-refractivity contribution in [3.63, 3.8) is 0 Å². The molecule has 1 atom stereocenters. The largest absolute Gasteiger partial charge is 0.457 e. The zero-order valence-electron chi connectivity index (χ0n) is 21.7. The smallest absolute Gasteiger partial charge is 0.410 e. The molecule has 37 heavy (non-hydrogen) atoms. The lowest BCUT2D eigenvalue weighted by atomic mass is 10.0. The highest BCUT2D eigenvalue weighted by Gasteiger charge is 2.32. The van der Waals surface area contributed by atoms with Crippen LogP contribution in [0, 0.1) is 0 Å². The number of para-hydroxylation sites is 1. The van der Waals surface area contributed by atoms with E-state index in [2.05, 4.69) is 16.8 Å². The fourth-order valence-electron chi connectivity index (χ4n) is 4.48. The van der Waals surface area contributed by atoms with Crippen LogP contribution in [0.1, 0.15) is 45.6 Å². The third-order valence-electron chi connectivity index (χ3n) is 6.24. The molecule has 1 aliphatic rings. The summed E-state index contributed by atoms with van der Waals surface area (Å²) in [6, 6.07) is 17.1. The maximum atomic E-state index is 12.8. The second kappa shape index (κ2) is 10.8. The van der Waals surface area contributed by atoms with Crippen LogP contribution in [0.25, 0.3) is 11.3 Å². The number of carbonyl (C=O) groups excluding carboxylic acids is 1. The molecule has 8 nitrogen and oxygen atoms in total. The van der Waals surface area contributed by atoms with E-state index in [0.29, 0.717) is 40.8 Å². The summed E-state index contributed by atoms with van der Waals surface area (Å²) in [4.78, 5) is 14.6. The van der Waals surface area contributed by atoms with Gasteiger partial charge in [0.25, 0.3) is 0 Å². The number of aromatic amines is 1. The van der Waals surface area contributed by atoms with Gasteiger partial charge in [0, 0.05) is 12.6 Å². The van der Waals surface area contributed by atoms with Gasteiger partial charge >= 0.3 is 6.09 Å². The molecule has 1 fully saturated rings. The Balaban J connectivity index is 1.65. The van der Waals surface area contributed by atoms with Crippen LogP contribution in [-0.2, 0) is 4.74 Å². The second-order valence-corrected chi connectivity index (χ2v) is 10.1. The normalized spacial score (nSPS) is 17.3. The molecule has 8 heteroatoms. The van der Waals surface area contributed by atoms with E-state index in [4.69, 9.17) is 20.9 Å². The minimum atomic E-state index is -0.550. The van der Waals surface area contributed by atoms with Crippen molar-refractivity contribution < 1.29 is 14.3 Å². The Labute approximate surface area is 217 Å². The van der Waals surface area contributed by atoms with Crippen molar-refractivity contribution in [1.82, 2.24) is 15.1 Å². The first-order chi connectivity index (χ1) is 17.7. The number of rotatable bonds is 6. The summed E-state index contributed by atoms with van der Waals surface area (Å²) < 4.78 is 11.5. The highest BCUT2D eigenvalue weighted by molar-refractivity contribution is 5.71. The molecule has 5 N–H and O–H groups in total. The summed E-state index contributed by atoms with van der Waals surface area (Å²) in [5.41, 5.74) is 14.5. The molecule has 0 saturated carbocycles. The van der Waals surface area contributed by atoms with Crippen molar-refractivity contribution in [2.24, 2.45) is 5.73 Å². The van der Waals surface area contributed by atoms with Crippen molar-refractivity contribution in [1.29, 1.82) is 0 Å². The molecule has 0 radical (unpaired) electrons. The van der Waals surface area contributed by atoms with Gasteiger partial charge < -0.3 is 25.8 Å². The first kappa shape index (κ1) is 25.9. The van der Waals surface area contributed by atoms with Gasteiger partial charge in [-0.3, -0.25) is 5.10 Å². The van der Waals surface area contributed by atoms with Gasteiger partial charge in [-0.05, 0) is 87.6 Å². The number of amides is 1. The number of nitrogens with two attached hydrogens (primary N) is 2. The van der Waals surface area contributed by atoms with E-state index < -0.39 is 5.60 Å². The molecule has 1 aromatic heterocycles. The van der Waals surface area contributed by atoms with Gasteiger partial charge in [-0.2, -0.15) is 5.10 Å². The Kier molecular flexibility index (Phi) is 7.57. The van der Waals surface area contributed by atoms with Crippen molar-refractivity contribution in [2.45, 2.75) is 51.7 Å². The number of nitrogens with one attached hydrogen (secondary N) is 1. The SMILES string of the molecule is C=C/C(CC1CCCN1C(=O)OC(C)(C)C)=c1/[nH]nc(N)/c1=C(/N)c1ccc(Oc2ccccc2)cc1. The maximum absolute atomic E-state index is 12.8. The number of hydrogen-bond acceptors (Lipinski definition) is 6. The van der Waals surface area contributed by atoms with Crippen LogP contribution in [0.15, 0.2) is 67.3 Å². The van der Waals surface area contributed by atoms with Crippen LogP contribution in [0.2, 0.25) is 0 Å². The van der Waals surface area contributed by atoms with Gasteiger partial charge in [-0.25, -0.2) is 4.79 Å². The highest BCUT2D eigenvalue weighted by atomic mass is 16.6. The van der Waals surface area contributed by atoms with E-state index in [1.54, 1.807) is 11.0 Å². The molecule has 1 amide bonds. The molecule has 194 valence electrons. The van der Waals surface area contributed by atoms with E-state index in [-0.39, 0.29) is 12.1 Å². The van der Waals surface area contributed by atoms with Gasteiger partial charge in [-0.15, -0.1) is 0 Å². The topological polar surface area (TPSA) is 119 Å². The summed E-state index contributed by atoms with van der Waals surface area (Å²) in [5, 5.41) is 8.59. The summed E-state index contributed by atoms with van der Waals surface area (Å²) >= 11 is 0. The van der Waals surface area contributed by atoms with Gasteiger partial charge in [0.1, 0.15) is 17.1 Å². The van der Waals surface area contributed by atoms with E-state index in [1.807, 2.05) is 75.4 Å². The number of ether oxygens (including phenoxy) is 2. The Morgan fingerprint density at radius 2 is 1.84 bits per heavy atom. The molecular formula is C29H35N5O3. The predicted octanol–water partition coefficient (Wildman–Crippen LogP) is 4.03. The van der Waals surface area contributed by atoms with Gasteiger partial charge in [-0.1, -0.05) is 30.9 Å². The fourth-order valence-corrected chi connectivity index (χ4v) is 4.48. The predicted molar refractivity (Wildman–Crippen MR) is 146 cm³/mol. The molecule has 4 rings (SSSR count). The summed E-state index contributed by atoms with van der Waals surface area (Å²) in [7, 11) is 0. The number of hydrogen-bond donors (Lipinski definition) is 3. The molecule has 1 saturated heterocycles. The standard InChI is InChI=1S/C29H35N5O3/c1-5-19(18-21-10-9-17-34(21)28(35)37-29(2,3)4)26-24(27(31)33-32-26)25(30)20-13-15-23(16-14-20)36-22-11-7-6-8-12-22/h5-8,11-16,21,32H,1,9-10,17-18,30H2,2-4H3,(H2,31,33)/b25-24+,26-19-. The zero-order chi connectivity index (χ0) is 26.6. The van der Waals surface area contributed by atoms with E-state index in [1.165, 1.54) is 0 Å². The lowest BCUT2D eigenvalue weighted by Crippen LogP contribution is -2.40. The van der Waals surface area contributed by atoms with Crippen molar-refractivity contribution in [3.8, 4) is 11.5 Å². The number of benzene rings is 2. The molecule has 3 aromatic rings. The van der Waals surface area contributed by atoms with E-state index >= 15 is 0 Å². The molecule has 0 bridgehead atoms. The molecule has 2 heterocycles. The zero-order valence-corrected chi connectivity index (χ0v) is 21.7. The van der Waals surface area contributed by atoms with Crippen LogP contribution in [0.3, 0.4) is 0 Å². The molecule has 1 unspecified atom stereocenters.